The summed E-state index contributed by atoms with van der Waals surface area (Å²) >= 11 is 0. The van der Waals surface area contributed by atoms with E-state index >= 15 is 0 Å². The van der Waals surface area contributed by atoms with Gasteiger partial charge in [0.1, 0.15) is 12.7 Å². The molecule has 0 N–H and O–H groups in total. The van der Waals surface area contributed by atoms with Crippen LogP contribution >= 0.6 is 0 Å². The fraction of sp³-hybridized carbons (Fsp3) is 0.167. The Labute approximate surface area is 150 Å². The van der Waals surface area contributed by atoms with Crippen LogP contribution in [-0.4, -0.2) is 48.9 Å². The van der Waals surface area contributed by atoms with Crippen LogP contribution < -0.4 is 0 Å². The zero-order valence-electron chi connectivity index (χ0n) is 14.4. The average molecular weight is 347 g/mol. The number of nitrogens with zero attached hydrogens (tertiary/aromatic N) is 7. The minimum atomic E-state index is 0.426. The molecule has 3 heterocycles. The Bertz CT molecular complexity index is 973. The first-order chi connectivity index (χ1) is 12.7. The predicted octanol–water partition coefficient (Wildman–Crippen LogP) is 2.44. The lowest BCUT2D eigenvalue weighted by atomic mass is 10.1. The van der Waals surface area contributed by atoms with Crippen LogP contribution in [0, 0.1) is 0 Å². The van der Waals surface area contributed by atoms with Crippen LogP contribution in [0.1, 0.15) is 5.56 Å². The topological polar surface area (TPSA) is 85.8 Å². The van der Waals surface area contributed by atoms with E-state index in [0.717, 1.165) is 17.7 Å². The Balaban J connectivity index is 1.54. The van der Waals surface area contributed by atoms with Crippen molar-refractivity contribution in [1.82, 2.24) is 34.8 Å². The lowest BCUT2D eigenvalue weighted by Gasteiger charge is -2.09. The van der Waals surface area contributed by atoms with Gasteiger partial charge in [0, 0.05) is 18.3 Å². The van der Waals surface area contributed by atoms with Gasteiger partial charge in [-0.15, -0.1) is 0 Å². The maximum absolute atomic E-state index is 5.39. The molecule has 130 valence electrons. The van der Waals surface area contributed by atoms with E-state index in [-0.39, 0.29) is 0 Å². The molecule has 0 saturated heterocycles. The summed E-state index contributed by atoms with van der Waals surface area (Å²) in [5.41, 5.74) is 2.89. The Hall–Kier alpha value is -3.39. The van der Waals surface area contributed by atoms with Crippen molar-refractivity contribution in [2.75, 3.05) is 14.1 Å². The van der Waals surface area contributed by atoms with Crippen LogP contribution in [-0.2, 0) is 6.54 Å². The van der Waals surface area contributed by atoms with Crippen molar-refractivity contribution < 1.29 is 4.52 Å². The van der Waals surface area contributed by atoms with Gasteiger partial charge in [0.05, 0.1) is 5.56 Å². The number of hydrogen-bond donors (Lipinski definition) is 0. The van der Waals surface area contributed by atoms with Crippen LogP contribution in [0.25, 0.3) is 28.7 Å². The minimum Gasteiger partial charge on any atom is -0.334 e. The van der Waals surface area contributed by atoms with E-state index in [1.54, 1.807) is 17.2 Å². The molecule has 0 unspecified atom stereocenters. The quantitative estimate of drug-likeness (QED) is 0.548. The van der Waals surface area contributed by atoms with Gasteiger partial charge < -0.3 is 9.42 Å². The van der Waals surface area contributed by atoms with Gasteiger partial charge in [-0.05, 0) is 31.8 Å². The maximum Gasteiger partial charge on any atom is 0.259 e. The summed E-state index contributed by atoms with van der Waals surface area (Å²) in [4.78, 5) is 14.8. The average Bonchev–Trinajstić information content (AvgIpc) is 3.34. The molecule has 0 radical (unpaired) electrons. The molecule has 0 aliphatic heterocycles. The molecule has 8 heteroatoms. The first-order valence-corrected chi connectivity index (χ1v) is 8.08. The van der Waals surface area contributed by atoms with Crippen LogP contribution in [0.4, 0.5) is 0 Å². The first-order valence-electron chi connectivity index (χ1n) is 8.08. The Kier molecular flexibility index (Phi) is 4.24. The van der Waals surface area contributed by atoms with Gasteiger partial charge in [-0.1, -0.05) is 29.4 Å². The highest BCUT2D eigenvalue weighted by molar-refractivity contribution is 5.59. The van der Waals surface area contributed by atoms with Gasteiger partial charge in [0.25, 0.3) is 5.89 Å². The normalized spacial score (nSPS) is 11.2. The van der Waals surface area contributed by atoms with Crippen LogP contribution in [0.2, 0.25) is 0 Å². The van der Waals surface area contributed by atoms with Gasteiger partial charge in [-0.3, -0.25) is 0 Å². The Morgan fingerprint density at radius 1 is 1.04 bits per heavy atom. The number of rotatable bonds is 5. The Morgan fingerprint density at radius 2 is 1.85 bits per heavy atom. The second-order valence-electron chi connectivity index (χ2n) is 6.10. The smallest absolute Gasteiger partial charge is 0.259 e. The number of benzene rings is 1. The zero-order valence-corrected chi connectivity index (χ0v) is 14.4. The van der Waals surface area contributed by atoms with E-state index in [0.29, 0.717) is 17.5 Å². The highest BCUT2D eigenvalue weighted by Crippen LogP contribution is 2.22. The van der Waals surface area contributed by atoms with Crippen molar-refractivity contribution >= 4 is 0 Å². The van der Waals surface area contributed by atoms with Gasteiger partial charge >= 0.3 is 0 Å². The zero-order chi connectivity index (χ0) is 17.9. The predicted molar refractivity (Wildman–Crippen MR) is 95.3 cm³/mol. The standard InChI is InChI=1S/C18H17N7O/c1-24(2)10-13-3-5-14(6-4-13)17-22-18(26-23-17)15-7-8-16(20-9-15)25-12-19-11-21-25/h3-9,11-12H,10H2,1-2H3. The van der Waals surface area contributed by atoms with Crippen molar-refractivity contribution in [2.24, 2.45) is 0 Å². The van der Waals surface area contributed by atoms with Gasteiger partial charge in [0.15, 0.2) is 5.82 Å². The van der Waals surface area contributed by atoms with E-state index in [1.165, 1.54) is 11.9 Å². The van der Waals surface area contributed by atoms with Crippen molar-refractivity contribution in [3.63, 3.8) is 0 Å². The highest BCUT2D eigenvalue weighted by Gasteiger charge is 2.11. The molecule has 0 aliphatic rings. The largest absolute Gasteiger partial charge is 0.334 e. The maximum atomic E-state index is 5.39. The molecule has 8 nitrogen and oxygen atoms in total. The van der Waals surface area contributed by atoms with Gasteiger partial charge in [-0.2, -0.15) is 10.1 Å². The van der Waals surface area contributed by atoms with Crippen LogP contribution in [0.15, 0.2) is 59.8 Å². The third-order valence-corrected chi connectivity index (χ3v) is 3.79. The SMILES string of the molecule is CN(C)Cc1ccc(-c2noc(-c3ccc(-n4cncn4)nc3)n2)cc1. The number of hydrogen-bond acceptors (Lipinski definition) is 7. The molecule has 4 aromatic rings. The molecule has 0 saturated carbocycles. The second kappa shape index (κ2) is 6.85. The fourth-order valence-corrected chi connectivity index (χ4v) is 2.56. The molecule has 0 atom stereocenters. The molecule has 0 amide bonds. The molecule has 1 aromatic carbocycles. The molecule has 0 spiro atoms. The lowest BCUT2D eigenvalue weighted by Crippen LogP contribution is -2.10. The van der Waals surface area contributed by atoms with E-state index in [4.69, 9.17) is 4.52 Å². The summed E-state index contributed by atoms with van der Waals surface area (Å²) in [5.74, 6) is 1.65. The lowest BCUT2D eigenvalue weighted by molar-refractivity contribution is 0.402. The third kappa shape index (κ3) is 3.35. The van der Waals surface area contributed by atoms with Gasteiger partial charge in [-0.25, -0.2) is 14.6 Å². The van der Waals surface area contributed by atoms with Crippen LogP contribution in [0.3, 0.4) is 0 Å². The van der Waals surface area contributed by atoms with Crippen molar-refractivity contribution in [2.45, 2.75) is 6.54 Å². The molecular weight excluding hydrogens is 330 g/mol. The van der Waals surface area contributed by atoms with E-state index < -0.39 is 0 Å². The Morgan fingerprint density at radius 3 is 2.50 bits per heavy atom. The van der Waals surface area contributed by atoms with E-state index in [2.05, 4.69) is 42.2 Å². The van der Waals surface area contributed by atoms with E-state index in [9.17, 15) is 0 Å². The summed E-state index contributed by atoms with van der Waals surface area (Å²) in [5, 5.41) is 8.12. The summed E-state index contributed by atoms with van der Waals surface area (Å²) in [6.07, 6.45) is 4.73. The molecule has 0 aliphatic carbocycles. The molecule has 4 rings (SSSR count). The fourth-order valence-electron chi connectivity index (χ4n) is 2.56. The van der Waals surface area contributed by atoms with Crippen molar-refractivity contribution in [1.29, 1.82) is 0 Å². The molecule has 0 bridgehead atoms. The van der Waals surface area contributed by atoms with Gasteiger partial charge in [0.2, 0.25) is 5.82 Å². The summed E-state index contributed by atoms with van der Waals surface area (Å²) < 4.78 is 6.97. The molecule has 3 aromatic heterocycles. The molecule has 0 fully saturated rings. The number of pyridine rings is 1. The molecule has 26 heavy (non-hydrogen) atoms. The van der Waals surface area contributed by atoms with E-state index in [1.807, 2.05) is 38.4 Å². The molecular formula is C18H17N7O. The summed E-state index contributed by atoms with van der Waals surface area (Å²) in [6.45, 7) is 0.890. The number of aromatic nitrogens is 6. The highest BCUT2D eigenvalue weighted by atomic mass is 16.5. The van der Waals surface area contributed by atoms with Crippen molar-refractivity contribution in [3.8, 4) is 28.7 Å². The van der Waals surface area contributed by atoms with Crippen molar-refractivity contribution in [3.05, 3.63) is 60.8 Å². The monoisotopic (exact) mass is 347 g/mol. The summed E-state index contributed by atoms with van der Waals surface area (Å²) in [7, 11) is 4.09. The minimum absolute atomic E-state index is 0.426. The summed E-state index contributed by atoms with van der Waals surface area (Å²) in [6, 6.07) is 11.8. The first kappa shape index (κ1) is 16.1. The second-order valence-corrected chi connectivity index (χ2v) is 6.10. The van der Waals surface area contributed by atoms with Crippen LogP contribution in [0.5, 0.6) is 0 Å². The third-order valence-electron chi connectivity index (χ3n) is 3.79.